The van der Waals surface area contributed by atoms with Gasteiger partial charge < -0.3 is 10.2 Å². The second-order valence-corrected chi connectivity index (χ2v) is 7.70. The quantitative estimate of drug-likeness (QED) is 0.641. The molecule has 144 valence electrons. The molecule has 0 aromatic rings. The molecule has 0 aromatic heterocycles. The molecular formula is C12H24ClF3N4O3S. The first kappa shape index (κ1) is 23.4. The van der Waals surface area contributed by atoms with E-state index < -0.39 is 39.9 Å². The van der Waals surface area contributed by atoms with Crippen LogP contribution in [0.1, 0.15) is 6.92 Å². The third-order valence-corrected chi connectivity index (χ3v) is 5.40. The molecule has 7 nitrogen and oxygen atoms in total. The molecule has 0 spiro atoms. The highest BCUT2D eigenvalue weighted by molar-refractivity contribution is 7.90. The lowest BCUT2D eigenvalue weighted by Crippen LogP contribution is -2.58. The summed E-state index contributed by atoms with van der Waals surface area (Å²) in [6.07, 6.45) is -4.56. The molecule has 1 aliphatic rings. The Balaban J connectivity index is 0.00000529. The van der Waals surface area contributed by atoms with Gasteiger partial charge in [0.1, 0.15) is 6.04 Å². The predicted molar refractivity (Wildman–Crippen MR) is 86.6 cm³/mol. The van der Waals surface area contributed by atoms with Crippen LogP contribution in [0, 0.1) is 0 Å². The van der Waals surface area contributed by atoms with E-state index in [9.17, 15) is 26.4 Å². The van der Waals surface area contributed by atoms with E-state index in [0.717, 1.165) is 11.8 Å². The van der Waals surface area contributed by atoms with Gasteiger partial charge in [-0.3, -0.25) is 9.69 Å². The molecular weight excluding hydrogens is 373 g/mol. The molecule has 1 fully saturated rings. The number of alkyl halides is 3. The van der Waals surface area contributed by atoms with Crippen molar-refractivity contribution in [3.8, 4) is 0 Å². The summed E-state index contributed by atoms with van der Waals surface area (Å²) in [5.41, 5.74) is 0. The number of rotatable bonds is 6. The van der Waals surface area contributed by atoms with Crippen molar-refractivity contribution in [2.24, 2.45) is 0 Å². The third-order valence-electron chi connectivity index (χ3n) is 3.70. The monoisotopic (exact) mass is 396 g/mol. The minimum absolute atomic E-state index is 0. The summed E-state index contributed by atoms with van der Waals surface area (Å²) in [4.78, 5) is 14.0. The number of nitrogens with one attached hydrogen (secondary N) is 2. The van der Waals surface area contributed by atoms with E-state index in [0.29, 0.717) is 13.1 Å². The zero-order valence-corrected chi connectivity index (χ0v) is 15.4. The van der Waals surface area contributed by atoms with Crippen molar-refractivity contribution < 1.29 is 26.4 Å². The van der Waals surface area contributed by atoms with Crippen LogP contribution in [0.4, 0.5) is 13.2 Å². The van der Waals surface area contributed by atoms with Crippen LogP contribution in [0.2, 0.25) is 0 Å². The molecule has 1 amide bonds. The number of halogens is 4. The molecule has 1 saturated heterocycles. The summed E-state index contributed by atoms with van der Waals surface area (Å²) < 4.78 is 65.6. The molecule has 0 radical (unpaired) electrons. The molecule has 2 atom stereocenters. The van der Waals surface area contributed by atoms with E-state index in [4.69, 9.17) is 0 Å². The number of hydrogen-bond acceptors (Lipinski definition) is 5. The van der Waals surface area contributed by atoms with Gasteiger partial charge in [0.25, 0.3) is 0 Å². The molecule has 1 rings (SSSR count). The number of carbonyl (C=O) groups is 1. The Bertz CT molecular complexity index is 510. The first-order chi connectivity index (χ1) is 10.5. The van der Waals surface area contributed by atoms with Crippen molar-refractivity contribution in [3.63, 3.8) is 0 Å². The standard InChI is InChI=1S/C12H23F3N4O3S.ClH/c1-9(11(20)18(2)3)23(21,22)17-8-10(12(13,14)15)19-6-4-16-5-7-19;/h9-10,16-17H,4-8H2,1-3H3;1H. The van der Waals surface area contributed by atoms with Crippen LogP contribution < -0.4 is 10.0 Å². The molecule has 0 saturated carbocycles. The number of hydrogen-bond donors (Lipinski definition) is 2. The maximum absolute atomic E-state index is 13.2. The molecule has 0 aliphatic carbocycles. The zero-order valence-electron chi connectivity index (χ0n) is 13.8. The van der Waals surface area contributed by atoms with Crippen molar-refractivity contribution in [2.75, 3.05) is 46.8 Å². The van der Waals surface area contributed by atoms with Gasteiger partial charge in [0.05, 0.1) is 0 Å². The Kier molecular flexibility index (Phi) is 8.94. The van der Waals surface area contributed by atoms with Crippen LogP contribution in [0.25, 0.3) is 0 Å². The van der Waals surface area contributed by atoms with Gasteiger partial charge in [0.15, 0.2) is 5.25 Å². The second kappa shape index (κ2) is 9.18. The van der Waals surface area contributed by atoms with Crippen molar-refractivity contribution in [3.05, 3.63) is 0 Å². The lowest BCUT2D eigenvalue weighted by molar-refractivity contribution is -0.182. The summed E-state index contributed by atoms with van der Waals surface area (Å²) in [6.45, 7) is 1.52. The molecule has 1 heterocycles. The third kappa shape index (κ3) is 6.36. The lowest BCUT2D eigenvalue weighted by atomic mass is 10.2. The largest absolute Gasteiger partial charge is 0.405 e. The molecule has 0 bridgehead atoms. The van der Waals surface area contributed by atoms with E-state index in [2.05, 4.69) is 5.32 Å². The van der Waals surface area contributed by atoms with Crippen molar-refractivity contribution in [1.29, 1.82) is 0 Å². The summed E-state index contributed by atoms with van der Waals surface area (Å²) in [6, 6.07) is -1.92. The molecule has 12 heteroatoms. The highest BCUT2D eigenvalue weighted by Gasteiger charge is 2.44. The van der Waals surface area contributed by atoms with E-state index >= 15 is 0 Å². The number of carbonyl (C=O) groups excluding carboxylic acids is 1. The van der Waals surface area contributed by atoms with Crippen LogP contribution in [0.5, 0.6) is 0 Å². The highest BCUT2D eigenvalue weighted by Crippen LogP contribution is 2.25. The van der Waals surface area contributed by atoms with E-state index in [1.165, 1.54) is 19.0 Å². The SMILES string of the molecule is CC(C(=O)N(C)C)S(=O)(=O)NCC(N1CCNCC1)C(F)(F)F.Cl. The minimum atomic E-state index is -4.56. The highest BCUT2D eigenvalue weighted by atomic mass is 35.5. The molecule has 1 aliphatic heterocycles. The van der Waals surface area contributed by atoms with Crippen molar-refractivity contribution >= 4 is 28.3 Å². The number of piperazine rings is 1. The molecule has 2 N–H and O–H groups in total. The van der Waals surface area contributed by atoms with Gasteiger partial charge in [-0.25, -0.2) is 13.1 Å². The van der Waals surface area contributed by atoms with Gasteiger partial charge in [-0.15, -0.1) is 12.4 Å². The van der Waals surface area contributed by atoms with E-state index in [-0.39, 0.29) is 25.5 Å². The van der Waals surface area contributed by atoms with E-state index in [1.807, 2.05) is 4.72 Å². The first-order valence-corrected chi connectivity index (χ1v) is 8.72. The Morgan fingerprint density at radius 1 is 1.29 bits per heavy atom. The average Bonchev–Trinajstić information content (AvgIpc) is 2.45. The summed E-state index contributed by atoms with van der Waals surface area (Å²) in [7, 11) is -1.42. The van der Waals surface area contributed by atoms with Crippen molar-refractivity contribution in [1.82, 2.24) is 19.8 Å². The van der Waals surface area contributed by atoms with Gasteiger partial charge in [-0.2, -0.15) is 13.2 Å². The Morgan fingerprint density at radius 2 is 1.79 bits per heavy atom. The maximum Gasteiger partial charge on any atom is 0.405 e. The molecule has 0 aromatic carbocycles. The fourth-order valence-corrected chi connectivity index (χ4v) is 3.38. The number of sulfonamides is 1. The number of nitrogens with zero attached hydrogens (tertiary/aromatic N) is 2. The van der Waals surface area contributed by atoms with Crippen LogP contribution >= 0.6 is 12.4 Å². The van der Waals surface area contributed by atoms with Gasteiger partial charge in [-0.1, -0.05) is 0 Å². The Labute approximate surface area is 146 Å². The van der Waals surface area contributed by atoms with E-state index in [1.54, 1.807) is 0 Å². The topological polar surface area (TPSA) is 81.8 Å². The Morgan fingerprint density at radius 3 is 2.21 bits per heavy atom. The van der Waals surface area contributed by atoms with Crippen LogP contribution in [0.15, 0.2) is 0 Å². The Hall–Kier alpha value is -0.620. The van der Waals surface area contributed by atoms with Gasteiger partial charge >= 0.3 is 6.18 Å². The molecule has 24 heavy (non-hydrogen) atoms. The minimum Gasteiger partial charge on any atom is -0.348 e. The lowest BCUT2D eigenvalue weighted by Gasteiger charge is -2.36. The van der Waals surface area contributed by atoms with Gasteiger partial charge in [0, 0.05) is 46.8 Å². The van der Waals surface area contributed by atoms with Crippen molar-refractivity contribution in [2.45, 2.75) is 24.4 Å². The fourth-order valence-electron chi connectivity index (χ4n) is 2.26. The molecule has 2 unspecified atom stereocenters. The second-order valence-electron chi connectivity index (χ2n) is 5.61. The van der Waals surface area contributed by atoms with Crippen LogP contribution in [-0.4, -0.2) is 88.4 Å². The normalized spacial score (nSPS) is 19.2. The number of amides is 1. The smallest absolute Gasteiger partial charge is 0.348 e. The average molecular weight is 397 g/mol. The van der Waals surface area contributed by atoms with Crippen LogP contribution in [0.3, 0.4) is 0 Å². The van der Waals surface area contributed by atoms with Gasteiger partial charge in [-0.05, 0) is 6.92 Å². The summed E-state index contributed by atoms with van der Waals surface area (Å²) >= 11 is 0. The van der Waals surface area contributed by atoms with Gasteiger partial charge in [0.2, 0.25) is 15.9 Å². The predicted octanol–water partition coefficient (Wildman–Crippen LogP) is -0.360. The van der Waals surface area contributed by atoms with Crippen LogP contribution in [-0.2, 0) is 14.8 Å². The fraction of sp³-hybridized carbons (Fsp3) is 0.917. The first-order valence-electron chi connectivity index (χ1n) is 7.18. The zero-order chi connectivity index (χ0) is 17.8. The summed E-state index contributed by atoms with van der Waals surface area (Å²) in [5, 5.41) is 1.49. The summed E-state index contributed by atoms with van der Waals surface area (Å²) in [5.74, 6) is -0.691. The maximum atomic E-state index is 13.2.